The molecule has 0 fully saturated rings. The van der Waals surface area contributed by atoms with Crippen molar-refractivity contribution in [1.29, 1.82) is 0 Å². The molecule has 2 heterocycles. The van der Waals surface area contributed by atoms with Gasteiger partial charge in [0, 0.05) is 18.0 Å². The van der Waals surface area contributed by atoms with Gasteiger partial charge in [0.15, 0.2) is 5.82 Å². The lowest BCUT2D eigenvalue weighted by atomic mass is 10.2. The van der Waals surface area contributed by atoms with Crippen molar-refractivity contribution in [3.8, 4) is 0 Å². The number of aromatic nitrogens is 3. The zero-order valence-electron chi connectivity index (χ0n) is 8.09. The molecule has 0 atom stereocenters. The van der Waals surface area contributed by atoms with E-state index in [9.17, 15) is 4.79 Å². The van der Waals surface area contributed by atoms with Crippen LogP contribution in [0.15, 0.2) is 41.3 Å². The van der Waals surface area contributed by atoms with Gasteiger partial charge in [0.2, 0.25) is 0 Å². The van der Waals surface area contributed by atoms with Gasteiger partial charge in [0.05, 0.1) is 0 Å². The quantitative estimate of drug-likeness (QED) is 0.852. The fourth-order valence-corrected chi connectivity index (χ4v) is 1.47. The molecule has 16 heavy (non-hydrogen) atoms. The monoisotopic (exact) mass is 278 g/mol. The third-order valence-corrected chi connectivity index (χ3v) is 2.24. The predicted molar refractivity (Wildman–Crippen MR) is 61.9 cm³/mol. The lowest BCUT2D eigenvalue weighted by Crippen LogP contribution is -2.13. The normalized spacial score (nSPS) is 9.81. The fourth-order valence-electron chi connectivity index (χ4n) is 1.10. The summed E-state index contributed by atoms with van der Waals surface area (Å²) in [6.07, 6.45) is 3.09. The second-order valence-electron chi connectivity index (χ2n) is 2.93. The summed E-state index contributed by atoms with van der Waals surface area (Å²) in [5.41, 5.74) is 0.507. The van der Waals surface area contributed by atoms with Crippen LogP contribution in [-0.2, 0) is 0 Å². The topological polar surface area (TPSA) is 67.8 Å². The van der Waals surface area contributed by atoms with Crippen molar-refractivity contribution in [1.82, 2.24) is 15.2 Å². The van der Waals surface area contributed by atoms with Crippen molar-refractivity contribution in [2.45, 2.75) is 0 Å². The smallest absolute Gasteiger partial charge is 0.257 e. The molecule has 0 aliphatic rings. The van der Waals surface area contributed by atoms with E-state index in [-0.39, 0.29) is 5.91 Å². The Morgan fingerprint density at radius 2 is 2.19 bits per heavy atom. The third kappa shape index (κ3) is 2.60. The summed E-state index contributed by atoms with van der Waals surface area (Å²) in [5, 5.41) is 10.0. The van der Waals surface area contributed by atoms with E-state index in [0.717, 1.165) is 0 Å². The first kappa shape index (κ1) is 10.7. The fraction of sp³-hybridized carbons (Fsp3) is 0. The van der Waals surface area contributed by atoms with E-state index in [1.807, 2.05) is 0 Å². The molecule has 0 aromatic carbocycles. The Morgan fingerprint density at radius 1 is 1.31 bits per heavy atom. The molecule has 0 bridgehead atoms. The minimum Gasteiger partial charge on any atom is -0.305 e. The van der Waals surface area contributed by atoms with Crippen molar-refractivity contribution in [2.75, 3.05) is 5.32 Å². The van der Waals surface area contributed by atoms with Crippen molar-refractivity contribution in [2.24, 2.45) is 0 Å². The molecule has 0 radical (unpaired) electrons. The number of hydrogen-bond acceptors (Lipinski definition) is 4. The molecule has 80 valence electrons. The van der Waals surface area contributed by atoms with Crippen LogP contribution in [-0.4, -0.2) is 21.1 Å². The number of pyridine rings is 1. The number of rotatable bonds is 2. The Labute approximate surface area is 100 Å². The maximum absolute atomic E-state index is 11.7. The number of amides is 1. The molecular formula is C10H7BrN4O. The molecule has 0 aliphatic heterocycles. The number of anilines is 1. The van der Waals surface area contributed by atoms with Gasteiger partial charge in [-0.3, -0.25) is 4.79 Å². The highest BCUT2D eigenvalue weighted by atomic mass is 79.9. The second kappa shape index (κ2) is 4.80. The lowest BCUT2D eigenvalue weighted by molar-refractivity contribution is 0.102. The van der Waals surface area contributed by atoms with Gasteiger partial charge in [-0.2, -0.15) is 5.10 Å². The average molecular weight is 279 g/mol. The van der Waals surface area contributed by atoms with Gasteiger partial charge in [-0.25, -0.2) is 4.98 Å². The van der Waals surface area contributed by atoms with Gasteiger partial charge < -0.3 is 5.32 Å². The second-order valence-corrected chi connectivity index (χ2v) is 3.74. The van der Waals surface area contributed by atoms with Crippen LogP contribution < -0.4 is 5.32 Å². The van der Waals surface area contributed by atoms with E-state index in [4.69, 9.17) is 0 Å². The first-order valence-corrected chi connectivity index (χ1v) is 5.25. The molecule has 6 heteroatoms. The van der Waals surface area contributed by atoms with Gasteiger partial charge >= 0.3 is 0 Å². The molecule has 2 aromatic rings. The molecule has 2 rings (SSSR count). The van der Waals surface area contributed by atoms with Gasteiger partial charge in [-0.15, -0.1) is 5.10 Å². The summed E-state index contributed by atoms with van der Waals surface area (Å²) in [5.74, 6) is 0.170. The standard InChI is InChI=1S/C10H7BrN4O/c11-8-6-7(3-5-12-8)10(16)14-9-2-1-4-13-15-9/h1-6H,(H,14,15,16). The van der Waals surface area contributed by atoms with E-state index in [0.29, 0.717) is 16.0 Å². The van der Waals surface area contributed by atoms with Crippen molar-refractivity contribution >= 4 is 27.7 Å². The SMILES string of the molecule is O=C(Nc1cccnn1)c1ccnc(Br)c1. The molecule has 1 amide bonds. The van der Waals surface area contributed by atoms with Crippen molar-refractivity contribution in [3.05, 3.63) is 46.8 Å². The summed E-state index contributed by atoms with van der Waals surface area (Å²) >= 11 is 3.20. The highest BCUT2D eigenvalue weighted by molar-refractivity contribution is 9.10. The number of nitrogens with zero attached hydrogens (tertiary/aromatic N) is 3. The van der Waals surface area contributed by atoms with E-state index in [1.165, 1.54) is 0 Å². The van der Waals surface area contributed by atoms with Crippen LogP contribution in [0.5, 0.6) is 0 Å². The van der Waals surface area contributed by atoms with Crippen LogP contribution in [0.3, 0.4) is 0 Å². The number of carbonyl (C=O) groups is 1. The highest BCUT2D eigenvalue weighted by Gasteiger charge is 2.06. The highest BCUT2D eigenvalue weighted by Crippen LogP contribution is 2.09. The summed E-state index contributed by atoms with van der Waals surface area (Å²) in [6, 6.07) is 6.62. The zero-order valence-corrected chi connectivity index (χ0v) is 9.68. The van der Waals surface area contributed by atoms with Gasteiger partial charge in [0.25, 0.3) is 5.91 Å². The lowest BCUT2D eigenvalue weighted by Gasteiger charge is -2.02. The van der Waals surface area contributed by atoms with Crippen LogP contribution in [0.2, 0.25) is 0 Å². The summed E-state index contributed by atoms with van der Waals surface area (Å²) in [6.45, 7) is 0. The zero-order chi connectivity index (χ0) is 11.4. The van der Waals surface area contributed by atoms with E-state index < -0.39 is 0 Å². The van der Waals surface area contributed by atoms with Crippen LogP contribution in [0.1, 0.15) is 10.4 Å². The molecule has 5 nitrogen and oxygen atoms in total. The van der Waals surface area contributed by atoms with Crippen LogP contribution in [0.4, 0.5) is 5.82 Å². The molecule has 1 N–H and O–H groups in total. The molecule has 0 saturated carbocycles. The predicted octanol–water partition coefficient (Wildman–Crippen LogP) is 1.89. The number of nitrogens with one attached hydrogen (secondary N) is 1. The Balaban J connectivity index is 2.15. The van der Waals surface area contributed by atoms with Gasteiger partial charge in [0.1, 0.15) is 4.60 Å². The molecular weight excluding hydrogens is 272 g/mol. The summed E-state index contributed by atoms with van der Waals surface area (Å²) in [4.78, 5) is 15.7. The minimum atomic E-state index is -0.247. The first-order valence-electron chi connectivity index (χ1n) is 4.46. The Morgan fingerprint density at radius 3 is 2.88 bits per heavy atom. The Bertz CT molecular complexity index is 503. The maximum Gasteiger partial charge on any atom is 0.257 e. The van der Waals surface area contributed by atoms with E-state index in [1.54, 1.807) is 36.7 Å². The molecule has 0 saturated heterocycles. The van der Waals surface area contributed by atoms with Crippen LogP contribution >= 0.6 is 15.9 Å². The van der Waals surface area contributed by atoms with E-state index in [2.05, 4.69) is 36.4 Å². The first-order chi connectivity index (χ1) is 7.75. The molecule has 0 spiro atoms. The average Bonchev–Trinajstić information content (AvgIpc) is 2.30. The van der Waals surface area contributed by atoms with Gasteiger partial charge in [-0.1, -0.05) is 0 Å². The van der Waals surface area contributed by atoms with E-state index >= 15 is 0 Å². The van der Waals surface area contributed by atoms with Crippen molar-refractivity contribution < 1.29 is 4.79 Å². The summed E-state index contributed by atoms with van der Waals surface area (Å²) in [7, 11) is 0. The Kier molecular flexibility index (Phi) is 3.21. The molecule has 2 aromatic heterocycles. The molecule has 0 aliphatic carbocycles. The van der Waals surface area contributed by atoms with Crippen molar-refractivity contribution in [3.63, 3.8) is 0 Å². The number of carbonyl (C=O) groups excluding carboxylic acids is 1. The van der Waals surface area contributed by atoms with Crippen LogP contribution in [0.25, 0.3) is 0 Å². The Hall–Kier alpha value is -1.82. The number of halogens is 1. The summed E-state index contributed by atoms with van der Waals surface area (Å²) < 4.78 is 0.610. The number of hydrogen-bond donors (Lipinski definition) is 1. The maximum atomic E-state index is 11.7. The van der Waals surface area contributed by atoms with Gasteiger partial charge in [-0.05, 0) is 40.2 Å². The largest absolute Gasteiger partial charge is 0.305 e. The molecule has 0 unspecified atom stereocenters. The minimum absolute atomic E-state index is 0.247. The third-order valence-electron chi connectivity index (χ3n) is 1.80. The van der Waals surface area contributed by atoms with Crippen LogP contribution in [0, 0.1) is 0 Å².